The van der Waals surface area contributed by atoms with Crippen LogP contribution in [-0.4, -0.2) is 39.4 Å². The number of aromatic nitrogens is 2. The number of alkyl halides is 2. The average Bonchev–Trinajstić information content (AvgIpc) is 2.94. The molecule has 0 radical (unpaired) electrons. The Kier molecular flexibility index (Phi) is 3.50. The number of amides is 1. The summed E-state index contributed by atoms with van der Waals surface area (Å²) in [5.41, 5.74) is 0.914. The maximum atomic E-state index is 13.9. The zero-order valence-corrected chi connectivity index (χ0v) is 13.5. The van der Waals surface area contributed by atoms with E-state index in [1.165, 1.54) is 22.9 Å². The molecular formula is C17H11ClF3N3O. The van der Waals surface area contributed by atoms with Crippen LogP contribution in [0.4, 0.5) is 13.2 Å². The molecule has 1 aliphatic rings. The standard InChI is InChI=1S/C17H11ClF3N3O/c18-12-4-3-11(7-13(12)19)24-14(6-10-2-1-5-22-15(10)24)16(25)23-8-17(20,21)9-23/h1-7H,8-9H2. The lowest BCUT2D eigenvalue weighted by atomic mass is 10.1. The fourth-order valence-electron chi connectivity index (χ4n) is 2.90. The fraction of sp³-hybridized carbons (Fsp3) is 0.176. The molecule has 0 saturated carbocycles. The van der Waals surface area contributed by atoms with Crippen molar-refractivity contribution in [3.8, 4) is 5.69 Å². The minimum absolute atomic E-state index is 0.0524. The van der Waals surface area contributed by atoms with E-state index in [0.29, 0.717) is 16.7 Å². The van der Waals surface area contributed by atoms with Gasteiger partial charge in [0, 0.05) is 11.6 Å². The minimum Gasteiger partial charge on any atom is -0.325 e. The van der Waals surface area contributed by atoms with Gasteiger partial charge in [-0.1, -0.05) is 11.6 Å². The number of hydrogen-bond acceptors (Lipinski definition) is 2. The van der Waals surface area contributed by atoms with Crippen molar-refractivity contribution >= 4 is 28.5 Å². The molecule has 0 N–H and O–H groups in total. The van der Waals surface area contributed by atoms with E-state index in [1.54, 1.807) is 24.3 Å². The molecule has 0 bridgehead atoms. The Labute approximate surface area is 145 Å². The highest BCUT2D eigenvalue weighted by atomic mass is 35.5. The van der Waals surface area contributed by atoms with Gasteiger partial charge in [-0.3, -0.25) is 9.36 Å². The topological polar surface area (TPSA) is 38.1 Å². The zero-order valence-electron chi connectivity index (χ0n) is 12.7. The molecule has 1 aliphatic heterocycles. The Morgan fingerprint density at radius 1 is 1.20 bits per heavy atom. The zero-order chi connectivity index (χ0) is 17.8. The van der Waals surface area contributed by atoms with E-state index in [0.717, 1.165) is 4.90 Å². The second-order valence-corrected chi connectivity index (χ2v) is 6.30. The Hall–Kier alpha value is -2.54. The van der Waals surface area contributed by atoms with Gasteiger partial charge >= 0.3 is 0 Å². The van der Waals surface area contributed by atoms with Gasteiger partial charge in [-0.15, -0.1) is 0 Å². The van der Waals surface area contributed by atoms with Crippen LogP contribution < -0.4 is 0 Å². The van der Waals surface area contributed by atoms with Crippen LogP contribution in [0.1, 0.15) is 10.5 Å². The Morgan fingerprint density at radius 2 is 1.96 bits per heavy atom. The summed E-state index contributed by atoms with van der Waals surface area (Å²) in [6, 6.07) is 9.09. The maximum absolute atomic E-state index is 13.9. The van der Waals surface area contributed by atoms with Gasteiger partial charge in [0.05, 0.1) is 23.8 Å². The highest BCUT2D eigenvalue weighted by molar-refractivity contribution is 6.30. The molecule has 2 aromatic heterocycles. The summed E-state index contributed by atoms with van der Waals surface area (Å²) in [5.74, 6) is -4.07. The molecule has 1 aromatic carbocycles. The van der Waals surface area contributed by atoms with Crippen LogP contribution in [0.15, 0.2) is 42.6 Å². The van der Waals surface area contributed by atoms with Gasteiger partial charge in [0.25, 0.3) is 11.8 Å². The molecular weight excluding hydrogens is 355 g/mol. The van der Waals surface area contributed by atoms with Crippen molar-refractivity contribution < 1.29 is 18.0 Å². The molecule has 1 fully saturated rings. The van der Waals surface area contributed by atoms with Crippen LogP contribution in [0, 0.1) is 5.82 Å². The van der Waals surface area contributed by atoms with Crippen molar-refractivity contribution in [1.29, 1.82) is 0 Å². The van der Waals surface area contributed by atoms with Crippen molar-refractivity contribution in [3.63, 3.8) is 0 Å². The van der Waals surface area contributed by atoms with E-state index in [-0.39, 0.29) is 10.7 Å². The van der Waals surface area contributed by atoms with E-state index < -0.39 is 30.7 Å². The van der Waals surface area contributed by atoms with Crippen molar-refractivity contribution in [1.82, 2.24) is 14.5 Å². The van der Waals surface area contributed by atoms with Crippen molar-refractivity contribution in [2.45, 2.75) is 5.92 Å². The first-order chi connectivity index (χ1) is 11.9. The molecule has 25 heavy (non-hydrogen) atoms. The monoisotopic (exact) mass is 365 g/mol. The molecule has 0 spiro atoms. The van der Waals surface area contributed by atoms with E-state index in [2.05, 4.69) is 4.98 Å². The fourth-order valence-corrected chi connectivity index (χ4v) is 3.01. The van der Waals surface area contributed by atoms with E-state index in [4.69, 9.17) is 11.6 Å². The predicted octanol–water partition coefficient (Wildman–Crippen LogP) is 3.91. The van der Waals surface area contributed by atoms with Gasteiger partial charge in [-0.2, -0.15) is 0 Å². The minimum atomic E-state index is -2.86. The van der Waals surface area contributed by atoms with Gasteiger partial charge < -0.3 is 4.90 Å². The number of fused-ring (bicyclic) bond motifs is 1. The average molecular weight is 366 g/mol. The third kappa shape index (κ3) is 2.64. The number of rotatable bonds is 2. The van der Waals surface area contributed by atoms with E-state index >= 15 is 0 Å². The molecule has 1 saturated heterocycles. The number of hydrogen-bond donors (Lipinski definition) is 0. The first-order valence-corrected chi connectivity index (χ1v) is 7.82. The first kappa shape index (κ1) is 16.0. The number of halogens is 4. The molecule has 0 atom stereocenters. The lowest BCUT2D eigenvalue weighted by Crippen LogP contribution is -2.58. The lowest BCUT2D eigenvalue weighted by molar-refractivity contribution is -0.113. The molecule has 8 heteroatoms. The smallest absolute Gasteiger partial charge is 0.282 e. The number of pyridine rings is 1. The summed E-state index contributed by atoms with van der Waals surface area (Å²) in [6.45, 7) is -1.26. The van der Waals surface area contributed by atoms with Crippen molar-refractivity contribution in [2.24, 2.45) is 0 Å². The quantitative estimate of drug-likeness (QED) is 0.690. The Bertz CT molecular complexity index is 994. The highest BCUT2D eigenvalue weighted by Gasteiger charge is 2.47. The Morgan fingerprint density at radius 3 is 2.64 bits per heavy atom. The van der Waals surface area contributed by atoms with Crippen molar-refractivity contribution in [2.75, 3.05) is 13.1 Å². The van der Waals surface area contributed by atoms with Gasteiger partial charge in [0.15, 0.2) is 0 Å². The van der Waals surface area contributed by atoms with Crippen LogP contribution in [0.2, 0.25) is 5.02 Å². The number of nitrogens with zero attached hydrogens (tertiary/aromatic N) is 3. The van der Waals surface area contributed by atoms with E-state index in [9.17, 15) is 18.0 Å². The molecule has 4 nitrogen and oxygen atoms in total. The number of benzene rings is 1. The summed E-state index contributed by atoms with van der Waals surface area (Å²) in [5, 5.41) is 0.594. The predicted molar refractivity (Wildman–Crippen MR) is 86.9 cm³/mol. The van der Waals surface area contributed by atoms with Gasteiger partial charge in [-0.05, 0) is 36.4 Å². The Balaban J connectivity index is 1.86. The third-order valence-electron chi connectivity index (χ3n) is 4.07. The van der Waals surface area contributed by atoms with Gasteiger partial charge in [0.1, 0.15) is 17.2 Å². The summed E-state index contributed by atoms with van der Waals surface area (Å²) in [7, 11) is 0. The number of carbonyl (C=O) groups excluding carboxylic acids is 1. The molecule has 0 aliphatic carbocycles. The van der Waals surface area contributed by atoms with Gasteiger partial charge in [-0.25, -0.2) is 18.2 Å². The normalized spacial score (nSPS) is 16.1. The molecule has 3 aromatic rings. The van der Waals surface area contributed by atoms with Crippen LogP contribution in [0.25, 0.3) is 16.7 Å². The summed E-state index contributed by atoms with van der Waals surface area (Å²) < 4.78 is 41.6. The lowest BCUT2D eigenvalue weighted by Gasteiger charge is -2.38. The van der Waals surface area contributed by atoms with Crippen LogP contribution in [0.5, 0.6) is 0 Å². The summed E-state index contributed by atoms with van der Waals surface area (Å²) >= 11 is 5.72. The number of likely N-dealkylation sites (tertiary alicyclic amines) is 1. The molecule has 1 amide bonds. The maximum Gasteiger partial charge on any atom is 0.282 e. The second kappa shape index (κ2) is 5.49. The van der Waals surface area contributed by atoms with Crippen LogP contribution in [0.3, 0.4) is 0 Å². The number of carbonyl (C=O) groups is 1. The second-order valence-electron chi connectivity index (χ2n) is 5.90. The molecule has 4 rings (SSSR count). The van der Waals surface area contributed by atoms with Crippen LogP contribution >= 0.6 is 11.6 Å². The van der Waals surface area contributed by atoms with Crippen molar-refractivity contribution in [3.05, 3.63) is 59.1 Å². The third-order valence-corrected chi connectivity index (χ3v) is 4.38. The van der Waals surface area contributed by atoms with E-state index in [1.807, 2.05) is 0 Å². The molecule has 0 unspecified atom stereocenters. The molecule has 128 valence electrons. The highest BCUT2D eigenvalue weighted by Crippen LogP contribution is 2.31. The van der Waals surface area contributed by atoms with Crippen LogP contribution in [-0.2, 0) is 0 Å². The van der Waals surface area contributed by atoms with Gasteiger partial charge in [0.2, 0.25) is 0 Å². The largest absolute Gasteiger partial charge is 0.325 e. The summed E-state index contributed by atoms with van der Waals surface area (Å²) in [4.78, 5) is 17.9. The summed E-state index contributed by atoms with van der Waals surface area (Å²) in [6.07, 6.45) is 1.54. The molecule has 3 heterocycles. The SMILES string of the molecule is O=C(c1cc2cccnc2n1-c1ccc(Cl)c(F)c1)N1CC(F)(F)C1. The first-order valence-electron chi connectivity index (χ1n) is 7.45.